The standard InChI is InChI=1S/C31H31N5O2S2/c37-27-10-9-25(29(38)34-27)36-17-24-21(7-4-8-22(24)31(36)39)16-35-13-11-20(12-14-35)28-23-15-26(19-5-2-1-3-6-19)40-30(23)33-18-32-28/h1-8,15,18,20,25,31,39H,9-14,16-17H2,(H,34,37,38). The number of hydrogen-bond donors (Lipinski definition) is 2. The fourth-order valence-corrected chi connectivity index (χ4v) is 8.01. The van der Waals surface area contributed by atoms with Crippen molar-refractivity contribution in [1.82, 2.24) is 25.1 Å². The van der Waals surface area contributed by atoms with Crippen molar-refractivity contribution in [3.63, 3.8) is 0 Å². The average molecular weight is 570 g/mol. The van der Waals surface area contributed by atoms with E-state index in [0.717, 1.165) is 37.3 Å². The molecule has 2 fully saturated rings. The normalized spacial score (nSPS) is 22.5. The summed E-state index contributed by atoms with van der Waals surface area (Å²) in [6.45, 7) is 3.59. The van der Waals surface area contributed by atoms with E-state index in [1.54, 1.807) is 17.7 Å². The number of nitrogens with zero attached hydrogens (tertiary/aromatic N) is 4. The van der Waals surface area contributed by atoms with Crippen molar-refractivity contribution >= 4 is 46.0 Å². The number of piperidine rings is 2. The van der Waals surface area contributed by atoms with Crippen LogP contribution in [0.5, 0.6) is 0 Å². The van der Waals surface area contributed by atoms with E-state index in [4.69, 9.17) is 17.6 Å². The summed E-state index contributed by atoms with van der Waals surface area (Å²) in [5.41, 5.74) is 6.16. The number of benzene rings is 2. The smallest absolute Gasteiger partial charge is 0.243 e. The maximum absolute atomic E-state index is 12.6. The van der Waals surface area contributed by atoms with Crippen molar-refractivity contribution in [3.8, 4) is 10.4 Å². The van der Waals surface area contributed by atoms with Crippen LogP contribution in [0.3, 0.4) is 0 Å². The van der Waals surface area contributed by atoms with Gasteiger partial charge >= 0.3 is 0 Å². The van der Waals surface area contributed by atoms with Crippen LogP contribution in [0.15, 0.2) is 60.9 Å². The summed E-state index contributed by atoms with van der Waals surface area (Å²) >= 11 is 6.64. The molecule has 3 aliphatic rings. The Balaban J connectivity index is 1.04. The molecule has 0 saturated carbocycles. The van der Waals surface area contributed by atoms with Crippen LogP contribution in [0.1, 0.15) is 59.4 Å². The Kier molecular flexibility index (Phi) is 6.91. The van der Waals surface area contributed by atoms with Crippen molar-refractivity contribution in [1.29, 1.82) is 0 Å². The number of rotatable bonds is 5. The van der Waals surface area contributed by atoms with Gasteiger partial charge in [0.15, 0.2) is 0 Å². The third-order valence-electron chi connectivity index (χ3n) is 8.64. The summed E-state index contributed by atoms with van der Waals surface area (Å²) in [4.78, 5) is 40.6. The highest BCUT2D eigenvalue weighted by atomic mass is 32.1. The van der Waals surface area contributed by atoms with E-state index in [-0.39, 0.29) is 23.2 Å². The summed E-state index contributed by atoms with van der Waals surface area (Å²) in [5.74, 6) is 0.0365. The van der Waals surface area contributed by atoms with Gasteiger partial charge in [-0.1, -0.05) is 48.5 Å². The van der Waals surface area contributed by atoms with Crippen molar-refractivity contribution < 1.29 is 9.59 Å². The van der Waals surface area contributed by atoms with Crippen molar-refractivity contribution in [3.05, 3.63) is 83.3 Å². The minimum atomic E-state index is -0.319. The van der Waals surface area contributed by atoms with Gasteiger partial charge in [-0.3, -0.25) is 24.7 Å². The first kappa shape index (κ1) is 25.8. The van der Waals surface area contributed by atoms with E-state index >= 15 is 0 Å². The lowest BCUT2D eigenvalue weighted by Crippen LogP contribution is -2.51. The first-order chi connectivity index (χ1) is 19.5. The molecule has 1 N–H and O–H groups in total. The molecule has 7 nitrogen and oxygen atoms in total. The molecule has 2 amide bonds. The second-order valence-corrected chi connectivity index (χ2v) is 12.5. The van der Waals surface area contributed by atoms with Gasteiger partial charge in [-0.15, -0.1) is 11.3 Å². The molecule has 204 valence electrons. The second-order valence-electron chi connectivity index (χ2n) is 11.0. The number of imide groups is 1. The summed E-state index contributed by atoms with van der Waals surface area (Å²) < 4.78 is 0. The zero-order valence-corrected chi connectivity index (χ0v) is 23.8. The van der Waals surface area contributed by atoms with Gasteiger partial charge in [0.25, 0.3) is 0 Å². The molecule has 3 aliphatic heterocycles. The van der Waals surface area contributed by atoms with Crippen LogP contribution < -0.4 is 5.32 Å². The van der Waals surface area contributed by atoms with E-state index < -0.39 is 0 Å². The van der Waals surface area contributed by atoms with Crippen LogP contribution in [-0.4, -0.2) is 50.7 Å². The maximum atomic E-state index is 12.6. The van der Waals surface area contributed by atoms with Gasteiger partial charge in [-0.05, 0) is 60.7 Å². The first-order valence-electron chi connectivity index (χ1n) is 14.0. The highest BCUT2D eigenvalue weighted by molar-refractivity contribution is 7.80. The molecule has 0 spiro atoms. The topological polar surface area (TPSA) is 78.4 Å². The lowest BCUT2D eigenvalue weighted by Gasteiger charge is -2.32. The predicted octanol–water partition coefficient (Wildman–Crippen LogP) is 5.29. The molecular weight excluding hydrogens is 539 g/mol. The molecule has 2 aromatic carbocycles. The van der Waals surface area contributed by atoms with Gasteiger partial charge in [-0.2, -0.15) is 12.6 Å². The Morgan fingerprint density at radius 3 is 2.62 bits per heavy atom. The summed E-state index contributed by atoms with van der Waals surface area (Å²) in [6.07, 6.45) is 4.78. The molecule has 2 unspecified atom stereocenters. The fourth-order valence-electron chi connectivity index (χ4n) is 6.51. The molecule has 7 rings (SSSR count). The number of carbonyl (C=O) groups is 2. The van der Waals surface area contributed by atoms with Crippen LogP contribution >= 0.6 is 24.0 Å². The Morgan fingerprint density at radius 2 is 1.82 bits per heavy atom. The van der Waals surface area contributed by atoms with E-state index in [2.05, 4.69) is 68.6 Å². The number of hydrogen-bond acceptors (Lipinski definition) is 8. The molecule has 9 heteroatoms. The number of likely N-dealkylation sites (tertiary alicyclic amines) is 1. The Hall–Kier alpha value is -3.11. The molecular formula is C31H31N5O2S2. The van der Waals surface area contributed by atoms with Crippen LogP contribution in [0, 0.1) is 0 Å². The van der Waals surface area contributed by atoms with Crippen molar-refractivity contribution in [2.75, 3.05) is 13.1 Å². The molecule has 2 aromatic heterocycles. The van der Waals surface area contributed by atoms with Crippen molar-refractivity contribution in [2.24, 2.45) is 0 Å². The lowest BCUT2D eigenvalue weighted by atomic mass is 9.91. The van der Waals surface area contributed by atoms with Gasteiger partial charge in [0, 0.05) is 35.7 Å². The zero-order valence-electron chi connectivity index (χ0n) is 22.1. The Bertz CT molecular complexity index is 1580. The molecule has 0 bridgehead atoms. The van der Waals surface area contributed by atoms with E-state index in [1.165, 1.54) is 38.2 Å². The van der Waals surface area contributed by atoms with Crippen LogP contribution in [0.2, 0.25) is 0 Å². The largest absolute Gasteiger partial charge is 0.299 e. The van der Waals surface area contributed by atoms with Gasteiger partial charge in [-0.25, -0.2) is 9.97 Å². The number of carbonyl (C=O) groups excluding carboxylic acids is 2. The van der Waals surface area contributed by atoms with E-state index in [1.807, 2.05) is 6.07 Å². The average Bonchev–Trinajstić information content (AvgIpc) is 3.56. The first-order valence-corrected chi connectivity index (χ1v) is 15.3. The third-order valence-corrected chi connectivity index (χ3v) is 10.3. The molecule has 0 radical (unpaired) electrons. The van der Waals surface area contributed by atoms with E-state index in [9.17, 15) is 9.59 Å². The minimum absolute atomic E-state index is 0.142. The molecule has 4 aromatic rings. The Labute approximate surface area is 243 Å². The third kappa shape index (κ3) is 4.75. The molecule has 0 aliphatic carbocycles. The van der Waals surface area contributed by atoms with E-state index in [0.29, 0.717) is 25.3 Å². The van der Waals surface area contributed by atoms with Gasteiger partial charge in [0.2, 0.25) is 11.8 Å². The molecule has 2 atom stereocenters. The quantitative estimate of drug-likeness (QED) is 0.251. The molecule has 2 saturated heterocycles. The number of fused-ring (bicyclic) bond motifs is 2. The van der Waals surface area contributed by atoms with Crippen LogP contribution in [0.4, 0.5) is 0 Å². The maximum Gasteiger partial charge on any atom is 0.243 e. The number of thiophene rings is 1. The van der Waals surface area contributed by atoms with Crippen LogP contribution in [-0.2, 0) is 22.7 Å². The monoisotopic (exact) mass is 569 g/mol. The fraction of sp³-hybridized carbons (Fsp3) is 0.355. The SMILES string of the molecule is O=C1CCC(N2Cc3c(CN4CCC(c5ncnc6sc(-c7ccccc7)cc56)CC4)cccc3C2S)C(=O)N1. The van der Waals surface area contributed by atoms with Crippen LogP contribution in [0.25, 0.3) is 20.7 Å². The molecule has 5 heterocycles. The summed E-state index contributed by atoms with van der Waals surface area (Å²) in [5, 5.41) is 3.55. The molecule has 40 heavy (non-hydrogen) atoms. The highest BCUT2D eigenvalue weighted by Crippen LogP contribution is 2.42. The summed E-state index contributed by atoms with van der Waals surface area (Å²) in [6, 6.07) is 18.9. The number of amides is 2. The highest BCUT2D eigenvalue weighted by Gasteiger charge is 2.40. The van der Waals surface area contributed by atoms with Gasteiger partial charge in [0.1, 0.15) is 11.2 Å². The Morgan fingerprint density at radius 1 is 1.00 bits per heavy atom. The minimum Gasteiger partial charge on any atom is -0.299 e. The van der Waals surface area contributed by atoms with Gasteiger partial charge in [0.05, 0.1) is 17.1 Å². The lowest BCUT2D eigenvalue weighted by molar-refractivity contribution is -0.137. The summed E-state index contributed by atoms with van der Waals surface area (Å²) in [7, 11) is 0. The number of aromatic nitrogens is 2. The second kappa shape index (κ2) is 10.7. The predicted molar refractivity (Wildman–Crippen MR) is 160 cm³/mol. The number of nitrogens with one attached hydrogen (secondary N) is 1. The van der Waals surface area contributed by atoms with Gasteiger partial charge < -0.3 is 0 Å². The number of thiol groups is 1. The van der Waals surface area contributed by atoms with Crippen molar-refractivity contribution in [2.45, 2.75) is 56.1 Å². The zero-order chi connectivity index (χ0) is 27.2.